The maximum atomic E-state index is 13.2. The van der Waals surface area contributed by atoms with Gasteiger partial charge < -0.3 is 9.73 Å². The second-order valence-corrected chi connectivity index (χ2v) is 10.2. The van der Waals surface area contributed by atoms with E-state index in [2.05, 4.69) is 15.3 Å². The number of aromatic nitrogens is 2. The first-order valence-electron chi connectivity index (χ1n) is 10.2. The summed E-state index contributed by atoms with van der Waals surface area (Å²) in [5, 5.41) is 2.86. The molecule has 166 valence electrons. The summed E-state index contributed by atoms with van der Waals surface area (Å²) in [6, 6.07) is 8.08. The fourth-order valence-electron chi connectivity index (χ4n) is 3.76. The molecule has 1 aliphatic rings. The quantitative estimate of drug-likeness (QED) is 0.507. The van der Waals surface area contributed by atoms with E-state index in [1.807, 2.05) is 6.08 Å². The van der Waals surface area contributed by atoms with Crippen molar-refractivity contribution in [2.75, 3.05) is 11.6 Å². The van der Waals surface area contributed by atoms with Crippen LogP contribution in [0.2, 0.25) is 5.02 Å². The third-order valence-electron chi connectivity index (χ3n) is 5.36. The Bertz CT molecular complexity index is 1250. The minimum Gasteiger partial charge on any atom is -0.463 e. The zero-order chi connectivity index (χ0) is 22.7. The van der Waals surface area contributed by atoms with Crippen molar-refractivity contribution in [3.8, 4) is 11.5 Å². The van der Waals surface area contributed by atoms with E-state index in [4.69, 9.17) is 16.0 Å². The smallest absolute Gasteiger partial charge is 0.257 e. The van der Waals surface area contributed by atoms with Gasteiger partial charge in [0, 0.05) is 11.8 Å². The number of allylic oxidation sites excluding steroid dienone is 1. The molecule has 0 bridgehead atoms. The molecule has 1 amide bonds. The van der Waals surface area contributed by atoms with Gasteiger partial charge in [-0.15, -0.1) is 0 Å². The first-order chi connectivity index (χ1) is 15.3. The van der Waals surface area contributed by atoms with Gasteiger partial charge in [0.15, 0.2) is 21.4 Å². The molecule has 1 N–H and O–H groups in total. The molecule has 32 heavy (non-hydrogen) atoms. The van der Waals surface area contributed by atoms with Gasteiger partial charge in [-0.25, -0.2) is 18.4 Å². The molecule has 3 aromatic rings. The number of carbonyl (C=O) groups is 1. The SMILES string of the molecule is CS(=O)(=O)c1ccc(/C(=C\C2CCCC2)C(=O)Nc2cnc(-c3ccco3)cn2)cc1Cl. The Morgan fingerprint density at radius 1 is 1.19 bits per heavy atom. The number of furan rings is 1. The molecule has 1 aliphatic carbocycles. The molecule has 2 heterocycles. The maximum Gasteiger partial charge on any atom is 0.257 e. The number of anilines is 1. The topological polar surface area (TPSA) is 102 Å². The van der Waals surface area contributed by atoms with Crippen LogP contribution in [0.5, 0.6) is 0 Å². The van der Waals surface area contributed by atoms with Crippen LogP contribution in [-0.4, -0.2) is 30.5 Å². The summed E-state index contributed by atoms with van der Waals surface area (Å²) < 4.78 is 29.1. The van der Waals surface area contributed by atoms with Crippen LogP contribution in [-0.2, 0) is 14.6 Å². The molecule has 7 nitrogen and oxygen atoms in total. The van der Waals surface area contributed by atoms with E-state index in [-0.39, 0.29) is 21.7 Å². The average Bonchev–Trinajstić information content (AvgIpc) is 3.46. The number of amides is 1. The second-order valence-electron chi connectivity index (χ2n) is 7.76. The first-order valence-corrected chi connectivity index (χ1v) is 12.5. The summed E-state index contributed by atoms with van der Waals surface area (Å²) in [4.78, 5) is 21.8. The monoisotopic (exact) mass is 471 g/mol. The van der Waals surface area contributed by atoms with Gasteiger partial charge in [-0.05, 0) is 48.6 Å². The van der Waals surface area contributed by atoms with Gasteiger partial charge in [0.1, 0.15) is 5.69 Å². The fourth-order valence-corrected chi connectivity index (χ4v) is 5.09. The Morgan fingerprint density at radius 2 is 1.97 bits per heavy atom. The van der Waals surface area contributed by atoms with Gasteiger partial charge in [-0.2, -0.15) is 0 Å². The molecule has 1 saturated carbocycles. The summed E-state index contributed by atoms with van der Waals surface area (Å²) >= 11 is 6.24. The van der Waals surface area contributed by atoms with Crippen LogP contribution in [0.25, 0.3) is 17.0 Å². The highest BCUT2D eigenvalue weighted by atomic mass is 35.5. The minimum absolute atomic E-state index is 0.0305. The zero-order valence-electron chi connectivity index (χ0n) is 17.4. The van der Waals surface area contributed by atoms with Gasteiger partial charge in [0.2, 0.25) is 0 Å². The number of rotatable bonds is 6. The lowest BCUT2D eigenvalue weighted by molar-refractivity contribution is -0.111. The van der Waals surface area contributed by atoms with Crippen molar-refractivity contribution >= 4 is 38.7 Å². The van der Waals surface area contributed by atoms with Crippen molar-refractivity contribution in [3.05, 3.63) is 65.7 Å². The minimum atomic E-state index is -3.47. The number of nitrogens with one attached hydrogen (secondary N) is 1. The molecule has 1 aromatic carbocycles. The fraction of sp³-hybridized carbons (Fsp3) is 0.261. The van der Waals surface area contributed by atoms with E-state index in [0.717, 1.165) is 31.9 Å². The summed E-state index contributed by atoms with van der Waals surface area (Å²) in [7, 11) is -3.47. The molecule has 0 saturated heterocycles. The lowest BCUT2D eigenvalue weighted by Crippen LogP contribution is -2.16. The zero-order valence-corrected chi connectivity index (χ0v) is 19.0. The number of sulfone groups is 1. The molecule has 4 rings (SSSR count). The van der Waals surface area contributed by atoms with Crippen molar-refractivity contribution in [2.24, 2.45) is 5.92 Å². The van der Waals surface area contributed by atoms with Crippen molar-refractivity contribution in [1.82, 2.24) is 9.97 Å². The highest BCUT2D eigenvalue weighted by Gasteiger charge is 2.21. The summed E-state index contributed by atoms with van der Waals surface area (Å²) in [5.41, 5.74) is 1.53. The van der Waals surface area contributed by atoms with Crippen molar-refractivity contribution < 1.29 is 17.6 Å². The van der Waals surface area contributed by atoms with Crippen molar-refractivity contribution in [3.63, 3.8) is 0 Å². The molecule has 0 radical (unpaired) electrons. The van der Waals surface area contributed by atoms with Crippen LogP contribution in [0.1, 0.15) is 31.2 Å². The Hall–Kier alpha value is -2.97. The van der Waals surface area contributed by atoms with Crippen LogP contribution in [0.15, 0.2) is 64.4 Å². The third kappa shape index (κ3) is 5.08. The van der Waals surface area contributed by atoms with Crippen molar-refractivity contribution in [2.45, 2.75) is 30.6 Å². The number of hydrogen-bond acceptors (Lipinski definition) is 6. The van der Waals surface area contributed by atoms with Crippen LogP contribution in [0.3, 0.4) is 0 Å². The second kappa shape index (κ2) is 9.26. The highest BCUT2D eigenvalue weighted by molar-refractivity contribution is 7.90. The van der Waals surface area contributed by atoms with E-state index in [1.165, 1.54) is 24.5 Å². The lowest BCUT2D eigenvalue weighted by Gasteiger charge is -2.13. The number of halogens is 1. The van der Waals surface area contributed by atoms with Gasteiger partial charge in [0.25, 0.3) is 5.91 Å². The highest BCUT2D eigenvalue weighted by Crippen LogP contribution is 2.32. The molecule has 9 heteroatoms. The summed E-state index contributed by atoms with van der Waals surface area (Å²) in [6.07, 6.45) is 11.8. The van der Waals surface area contributed by atoms with Crippen LogP contribution >= 0.6 is 11.6 Å². The number of nitrogens with zero attached hydrogens (tertiary/aromatic N) is 2. The van der Waals surface area contributed by atoms with Crippen molar-refractivity contribution in [1.29, 1.82) is 0 Å². The van der Waals surface area contributed by atoms with Crippen LogP contribution in [0.4, 0.5) is 5.82 Å². The molecule has 1 fully saturated rings. The first kappa shape index (κ1) is 22.2. The van der Waals surface area contributed by atoms with Crippen LogP contribution < -0.4 is 5.32 Å². The average molecular weight is 472 g/mol. The third-order valence-corrected chi connectivity index (χ3v) is 6.94. The van der Waals surface area contributed by atoms with Gasteiger partial charge in [-0.1, -0.05) is 36.6 Å². The summed E-state index contributed by atoms with van der Waals surface area (Å²) in [6.45, 7) is 0. The van der Waals surface area contributed by atoms with Gasteiger partial charge >= 0.3 is 0 Å². The Morgan fingerprint density at radius 3 is 2.56 bits per heavy atom. The normalized spacial score (nSPS) is 15.1. The summed E-state index contributed by atoms with van der Waals surface area (Å²) in [5.74, 6) is 0.788. The predicted octanol–water partition coefficient (Wildman–Crippen LogP) is 5.01. The molecule has 0 spiro atoms. The van der Waals surface area contributed by atoms with E-state index >= 15 is 0 Å². The molecule has 0 unspecified atom stereocenters. The van der Waals surface area contributed by atoms with Gasteiger partial charge in [0.05, 0.1) is 28.6 Å². The standard InChI is InChI=1S/C23H22ClN3O4S/c1-32(29,30)21-9-8-16(12-18(21)24)17(11-15-5-2-3-6-15)23(28)27-22-14-25-19(13-26-22)20-7-4-10-31-20/h4,7-15H,2-3,5-6H2,1H3,(H,26,27,28)/b17-11+. The molecule has 2 aromatic heterocycles. The Kier molecular flexibility index (Phi) is 6.43. The lowest BCUT2D eigenvalue weighted by atomic mass is 9.98. The number of benzene rings is 1. The van der Waals surface area contributed by atoms with E-state index in [0.29, 0.717) is 28.4 Å². The Labute approximate surface area is 191 Å². The number of hydrogen-bond donors (Lipinski definition) is 1. The largest absolute Gasteiger partial charge is 0.463 e. The predicted molar refractivity (Wildman–Crippen MR) is 123 cm³/mol. The van der Waals surface area contributed by atoms with E-state index in [9.17, 15) is 13.2 Å². The molecule has 0 aliphatic heterocycles. The Balaban J connectivity index is 1.62. The maximum absolute atomic E-state index is 13.2. The number of carbonyl (C=O) groups excluding carboxylic acids is 1. The van der Waals surface area contributed by atoms with Crippen LogP contribution in [0, 0.1) is 5.92 Å². The molecular formula is C23H22ClN3O4S. The molecule has 0 atom stereocenters. The molecular weight excluding hydrogens is 450 g/mol. The van der Waals surface area contributed by atoms with E-state index in [1.54, 1.807) is 24.5 Å². The van der Waals surface area contributed by atoms with E-state index < -0.39 is 9.84 Å². The van der Waals surface area contributed by atoms with Gasteiger partial charge in [-0.3, -0.25) is 4.79 Å².